The van der Waals surface area contributed by atoms with E-state index in [0.717, 1.165) is 39.3 Å². The number of benzene rings is 1. The standard InChI is InChI=1S/C16H24N4O/c1-2-17-16(21)20-12-15(13-20)19-10-8-18(9-11-19)14-6-4-3-5-7-14/h3-7,15H,2,8-13H2,1H3,(H,17,21). The third-order valence-corrected chi connectivity index (χ3v) is 4.43. The number of amides is 2. The van der Waals surface area contributed by atoms with Gasteiger partial charge in [0.2, 0.25) is 0 Å². The van der Waals surface area contributed by atoms with Crippen LogP contribution in [-0.2, 0) is 0 Å². The van der Waals surface area contributed by atoms with Crippen molar-refractivity contribution < 1.29 is 4.79 Å². The molecule has 0 saturated carbocycles. The zero-order chi connectivity index (χ0) is 14.7. The van der Waals surface area contributed by atoms with E-state index in [1.165, 1.54) is 5.69 Å². The molecule has 1 aromatic rings. The Labute approximate surface area is 126 Å². The maximum absolute atomic E-state index is 11.7. The highest BCUT2D eigenvalue weighted by atomic mass is 16.2. The largest absolute Gasteiger partial charge is 0.369 e. The van der Waals surface area contributed by atoms with Crippen molar-refractivity contribution in [3.05, 3.63) is 30.3 Å². The highest BCUT2D eigenvalue weighted by Crippen LogP contribution is 2.20. The molecule has 0 bridgehead atoms. The Hall–Kier alpha value is -1.75. The van der Waals surface area contributed by atoms with Crippen molar-refractivity contribution in [2.75, 3.05) is 50.7 Å². The van der Waals surface area contributed by atoms with Crippen molar-refractivity contribution in [3.8, 4) is 0 Å². The molecule has 5 heteroatoms. The molecule has 21 heavy (non-hydrogen) atoms. The third kappa shape index (κ3) is 3.13. The second-order valence-corrected chi connectivity index (χ2v) is 5.75. The Morgan fingerprint density at radius 2 is 1.81 bits per heavy atom. The quantitative estimate of drug-likeness (QED) is 0.909. The number of piperazine rings is 1. The van der Waals surface area contributed by atoms with E-state index in [0.29, 0.717) is 12.6 Å². The highest BCUT2D eigenvalue weighted by molar-refractivity contribution is 5.75. The average Bonchev–Trinajstić information content (AvgIpc) is 2.48. The summed E-state index contributed by atoms with van der Waals surface area (Å²) in [5, 5.41) is 2.86. The second-order valence-electron chi connectivity index (χ2n) is 5.75. The van der Waals surface area contributed by atoms with E-state index in [-0.39, 0.29) is 6.03 Å². The van der Waals surface area contributed by atoms with Crippen molar-refractivity contribution in [1.29, 1.82) is 0 Å². The van der Waals surface area contributed by atoms with Crippen molar-refractivity contribution in [3.63, 3.8) is 0 Å². The van der Waals surface area contributed by atoms with Crippen LogP contribution in [0.5, 0.6) is 0 Å². The lowest BCUT2D eigenvalue weighted by Crippen LogP contribution is -2.65. The van der Waals surface area contributed by atoms with Crippen LogP contribution in [0.1, 0.15) is 6.92 Å². The van der Waals surface area contributed by atoms with Crippen LogP contribution in [0.3, 0.4) is 0 Å². The Bertz CT molecular complexity index is 464. The van der Waals surface area contributed by atoms with Gasteiger partial charge in [0.1, 0.15) is 0 Å². The number of hydrogen-bond donors (Lipinski definition) is 1. The van der Waals surface area contributed by atoms with Crippen LogP contribution < -0.4 is 10.2 Å². The van der Waals surface area contributed by atoms with Gasteiger partial charge in [-0.2, -0.15) is 0 Å². The smallest absolute Gasteiger partial charge is 0.317 e. The van der Waals surface area contributed by atoms with Gasteiger partial charge in [0.15, 0.2) is 0 Å². The summed E-state index contributed by atoms with van der Waals surface area (Å²) in [7, 11) is 0. The zero-order valence-corrected chi connectivity index (χ0v) is 12.7. The summed E-state index contributed by atoms with van der Waals surface area (Å²) in [6.45, 7) is 8.72. The lowest BCUT2D eigenvalue weighted by molar-refractivity contribution is 0.0534. The van der Waals surface area contributed by atoms with Crippen LogP contribution in [0.2, 0.25) is 0 Å². The maximum atomic E-state index is 11.7. The van der Waals surface area contributed by atoms with Gasteiger partial charge >= 0.3 is 6.03 Å². The number of hydrogen-bond acceptors (Lipinski definition) is 3. The molecule has 0 radical (unpaired) electrons. The van der Waals surface area contributed by atoms with E-state index < -0.39 is 0 Å². The van der Waals surface area contributed by atoms with Crippen LogP contribution in [-0.4, -0.2) is 67.7 Å². The number of urea groups is 1. The molecule has 2 aliphatic heterocycles. The van der Waals surface area contributed by atoms with Gasteiger partial charge in [0, 0.05) is 57.5 Å². The highest BCUT2D eigenvalue weighted by Gasteiger charge is 2.35. The molecule has 0 spiro atoms. The Morgan fingerprint density at radius 1 is 1.14 bits per heavy atom. The van der Waals surface area contributed by atoms with Gasteiger partial charge in [-0.15, -0.1) is 0 Å². The normalized spacial score (nSPS) is 20.2. The number of para-hydroxylation sites is 1. The Balaban J connectivity index is 1.44. The topological polar surface area (TPSA) is 38.8 Å². The number of carbonyl (C=O) groups excluding carboxylic acids is 1. The summed E-state index contributed by atoms with van der Waals surface area (Å²) in [6, 6.07) is 11.2. The second kappa shape index (κ2) is 6.35. The molecule has 0 atom stereocenters. The predicted octanol–water partition coefficient (Wildman–Crippen LogP) is 1.22. The van der Waals surface area contributed by atoms with Gasteiger partial charge in [-0.25, -0.2) is 4.79 Å². The molecule has 2 saturated heterocycles. The fourth-order valence-corrected chi connectivity index (χ4v) is 3.10. The molecular weight excluding hydrogens is 264 g/mol. The number of anilines is 1. The molecule has 2 amide bonds. The molecule has 1 aromatic carbocycles. The molecule has 0 unspecified atom stereocenters. The summed E-state index contributed by atoms with van der Waals surface area (Å²) in [6.07, 6.45) is 0. The summed E-state index contributed by atoms with van der Waals surface area (Å²) < 4.78 is 0. The van der Waals surface area contributed by atoms with Gasteiger partial charge in [0.25, 0.3) is 0 Å². The number of nitrogens with one attached hydrogen (secondary N) is 1. The molecule has 114 valence electrons. The molecule has 2 aliphatic rings. The number of rotatable bonds is 3. The first kappa shape index (κ1) is 14.2. The average molecular weight is 288 g/mol. The lowest BCUT2D eigenvalue weighted by atomic mass is 10.1. The number of carbonyl (C=O) groups is 1. The number of nitrogens with zero attached hydrogens (tertiary/aromatic N) is 3. The minimum atomic E-state index is 0.0803. The summed E-state index contributed by atoms with van der Waals surface area (Å²) in [4.78, 5) is 18.5. The van der Waals surface area contributed by atoms with Gasteiger partial charge < -0.3 is 15.1 Å². The predicted molar refractivity (Wildman–Crippen MR) is 84.7 cm³/mol. The fourth-order valence-electron chi connectivity index (χ4n) is 3.10. The Kier molecular flexibility index (Phi) is 4.29. The van der Waals surface area contributed by atoms with E-state index in [1.54, 1.807) is 0 Å². The fraction of sp³-hybridized carbons (Fsp3) is 0.562. The van der Waals surface area contributed by atoms with Gasteiger partial charge in [0.05, 0.1) is 0 Å². The summed E-state index contributed by atoms with van der Waals surface area (Å²) in [5.74, 6) is 0. The lowest BCUT2D eigenvalue weighted by Gasteiger charge is -2.48. The van der Waals surface area contributed by atoms with E-state index in [1.807, 2.05) is 11.8 Å². The summed E-state index contributed by atoms with van der Waals surface area (Å²) >= 11 is 0. The molecule has 0 aliphatic carbocycles. The molecule has 0 aromatic heterocycles. The van der Waals surface area contributed by atoms with Gasteiger partial charge in [-0.3, -0.25) is 4.90 Å². The van der Waals surface area contributed by atoms with Crippen molar-refractivity contribution in [1.82, 2.24) is 15.1 Å². The first-order valence-corrected chi connectivity index (χ1v) is 7.84. The van der Waals surface area contributed by atoms with E-state index in [9.17, 15) is 4.79 Å². The van der Waals surface area contributed by atoms with Crippen LogP contribution in [0.4, 0.5) is 10.5 Å². The van der Waals surface area contributed by atoms with Crippen molar-refractivity contribution >= 4 is 11.7 Å². The monoisotopic (exact) mass is 288 g/mol. The van der Waals surface area contributed by atoms with E-state index in [4.69, 9.17) is 0 Å². The van der Waals surface area contributed by atoms with Crippen molar-refractivity contribution in [2.24, 2.45) is 0 Å². The van der Waals surface area contributed by atoms with Crippen molar-refractivity contribution in [2.45, 2.75) is 13.0 Å². The van der Waals surface area contributed by atoms with Gasteiger partial charge in [-0.05, 0) is 19.1 Å². The SMILES string of the molecule is CCNC(=O)N1CC(N2CCN(c3ccccc3)CC2)C1. The van der Waals surface area contributed by atoms with Crippen LogP contribution >= 0.6 is 0 Å². The summed E-state index contributed by atoms with van der Waals surface area (Å²) in [5.41, 5.74) is 1.31. The minimum absolute atomic E-state index is 0.0803. The minimum Gasteiger partial charge on any atom is -0.369 e. The third-order valence-electron chi connectivity index (χ3n) is 4.43. The molecule has 3 rings (SSSR count). The molecule has 2 heterocycles. The first-order chi connectivity index (χ1) is 10.3. The van der Waals surface area contributed by atoms with E-state index in [2.05, 4.69) is 45.4 Å². The van der Waals surface area contributed by atoms with Gasteiger partial charge in [-0.1, -0.05) is 18.2 Å². The molecule has 1 N–H and O–H groups in total. The number of likely N-dealkylation sites (tertiary alicyclic amines) is 1. The maximum Gasteiger partial charge on any atom is 0.317 e. The van der Waals surface area contributed by atoms with Crippen LogP contribution in [0, 0.1) is 0 Å². The zero-order valence-electron chi connectivity index (χ0n) is 12.7. The Morgan fingerprint density at radius 3 is 2.43 bits per heavy atom. The first-order valence-electron chi connectivity index (χ1n) is 7.84. The molecule has 2 fully saturated rings. The molecular formula is C16H24N4O. The van der Waals surface area contributed by atoms with Crippen LogP contribution in [0.25, 0.3) is 0 Å². The van der Waals surface area contributed by atoms with Crippen LogP contribution in [0.15, 0.2) is 30.3 Å². The molecule has 5 nitrogen and oxygen atoms in total. The van der Waals surface area contributed by atoms with E-state index >= 15 is 0 Å².